The first-order valence-electron chi connectivity index (χ1n) is 4.59. The van der Waals surface area contributed by atoms with Crippen LogP contribution in [0.2, 0.25) is 0 Å². The Morgan fingerprint density at radius 3 is 2.73 bits per heavy atom. The summed E-state index contributed by atoms with van der Waals surface area (Å²) in [5, 5.41) is 13.1. The van der Waals surface area contributed by atoms with Gasteiger partial charge in [-0.1, -0.05) is 13.0 Å². The minimum Gasteiger partial charge on any atom is -0.326 e. The Morgan fingerprint density at radius 1 is 1.53 bits per heavy atom. The molecule has 0 unspecified atom stereocenters. The Labute approximate surface area is 87.3 Å². The molecular weight excluding hydrogens is 196 g/mol. The summed E-state index contributed by atoms with van der Waals surface area (Å²) >= 11 is 0. The van der Waals surface area contributed by atoms with Gasteiger partial charge in [0, 0.05) is 18.6 Å². The third kappa shape index (κ3) is 2.77. The number of nitro benzene ring substituents is 1. The van der Waals surface area contributed by atoms with E-state index in [1.165, 1.54) is 12.1 Å². The lowest BCUT2D eigenvalue weighted by Gasteiger charge is -2.06. The number of hydrogen-bond donors (Lipinski definition) is 1. The molecule has 0 fully saturated rings. The molecule has 0 aliphatic carbocycles. The summed E-state index contributed by atoms with van der Waals surface area (Å²) in [6.07, 6.45) is 0.349. The Bertz CT molecular complexity index is 402. The topological polar surface area (TPSA) is 72.2 Å². The molecule has 0 aliphatic heterocycles. The second-order valence-corrected chi connectivity index (χ2v) is 3.16. The van der Waals surface area contributed by atoms with Crippen LogP contribution < -0.4 is 5.32 Å². The van der Waals surface area contributed by atoms with Crippen molar-refractivity contribution in [2.24, 2.45) is 0 Å². The van der Waals surface area contributed by atoms with Gasteiger partial charge < -0.3 is 5.32 Å². The van der Waals surface area contributed by atoms with E-state index in [4.69, 9.17) is 0 Å². The van der Waals surface area contributed by atoms with Crippen LogP contribution in [0.5, 0.6) is 0 Å². The number of nitro groups is 1. The van der Waals surface area contributed by atoms with Crippen LogP contribution in [0.25, 0.3) is 0 Å². The molecule has 0 saturated carbocycles. The molecule has 0 heterocycles. The molecular formula is C10H12N2O3. The fraction of sp³-hybridized carbons (Fsp3) is 0.300. The average Bonchev–Trinajstić information content (AvgIpc) is 2.20. The molecule has 0 radical (unpaired) electrons. The number of non-ortho nitro benzene ring substituents is 1. The van der Waals surface area contributed by atoms with Gasteiger partial charge in [-0.25, -0.2) is 0 Å². The highest BCUT2D eigenvalue weighted by molar-refractivity contribution is 5.91. The largest absolute Gasteiger partial charge is 0.326 e. The Balaban J connectivity index is 3.00. The summed E-state index contributed by atoms with van der Waals surface area (Å²) < 4.78 is 0. The molecule has 0 atom stereocenters. The predicted octanol–water partition coefficient (Wildman–Crippen LogP) is 2.25. The monoisotopic (exact) mass is 208 g/mol. The van der Waals surface area contributed by atoms with E-state index < -0.39 is 4.92 Å². The molecule has 1 aromatic carbocycles. The molecule has 15 heavy (non-hydrogen) atoms. The number of hydrogen-bond acceptors (Lipinski definition) is 3. The minimum absolute atomic E-state index is 0.0213. The van der Waals surface area contributed by atoms with Gasteiger partial charge in [0.15, 0.2) is 0 Å². The predicted molar refractivity (Wildman–Crippen MR) is 56.8 cm³/mol. The van der Waals surface area contributed by atoms with E-state index in [9.17, 15) is 14.9 Å². The van der Waals surface area contributed by atoms with Crippen molar-refractivity contribution >= 4 is 17.3 Å². The SMILES string of the molecule is CCC(=O)Nc1cc([N+](=O)[O-])ccc1C. The summed E-state index contributed by atoms with van der Waals surface area (Å²) in [7, 11) is 0. The van der Waals surface area contributed by atoms with Crippen LogP contribution >= 0.6 is 0 Å². The van der Waals surface area contributed by atoms with Crippen molar-refractivity contribution in [3.63, 3.8) is 0 Å². The first-order valence-corrected chi connectivity index (χ1v) is 4.59. The standard InChI is InChI=1S/C10H12N2O3/c1-3-10(13)11-9-6-8(12(14)15)5-4-7(9)2/h4-6H,3H2,1-2H3,(H,11,13). The van der Waals surface area contributed by atoms with Crippen LogP contribution in [0.4, 0.5) is 11.4 Å². The van der Waals surface area contributed by atoms with Crippen molar-refractivity contribution in [2.75, 3.05) is 5.32 Å². The van der Waals surface area contributed by atoms with Crippen LogP contribution in [0.3, 0.4) is 0 Å². The fourth-order valence-electron chi connectivity index (χ4n) is 1.10. The smallest absolute Gasteiger partial charge is 0.271 e. The highest BCUT2D eigenvalue weighted by Crippen LogP contribution is 2.21. The van der Waals surface area contributed by atoms with Gasteiger partial charge in [0.25, 0.3) is 5.69 Å². The lowest BCUT2D eigenvalue weighted by molar-refractivity contribution is -0.384. The van der Waals surface area contributed by atoms with E-state index in [0.717, 1.165) is 5.56 Å². The van der Waals surface area contributed by atoms with Crippen molar-refractivity contribution < 1.29 is 9.72 Å². The number of nitrogens with one attached hydrogen (secondary N) is 1. The third-order valence-electron chi connectivity index (χ3n) is 2.03. The zero-order chi connectivity index (χ0) is 11.4. The molecule has 0 bridgehead atoms. The van der Waals surface area contributed by atoms with E-state index in [-0.39, 0.29) is 11.6 Å². The van der Waals surface area contributed by atoms with Crippen LogP contribution in [-0.4, -0.2) is 10.8 Å². The van der Waals surface area contributed by atoms with Gasteiger partial charge in [-0.3, -0.25) is 14.9 Å². The van der Waals surface area contributed by atoms with Gasteiger partial charge in [-0.2, -0.15) is 0 Å². The molecule has 0 saturated heterocycles. The van der Waals surface area contributed by atoms with E-state index in [2.05, 4.69) is 5.32 Å². The molecule has 5 nitrogen and oxygen atoms in total. The lowest BCUT2D eigenvalue weighted by atomic mass is 10.2. The summed E-state index contributed by atoms with van der Waals surface area (Å²) in [6, 6.07) is 4.39. The molecule has 1 N–H and O–H groups in total. The first-order chi connectivity index (χ1) is 7.04. The normalized spacial score (nSPS) is 9.73. The molecule has 1 aromatic rings. The number of rotatable bonds is 3. The van der Waals surface area contributed by atoms with Crippen molar-refractivity contribution in [1.82, 2.24) is 0 Å². The summed E-state index contributed by atoms with van der Waals surface area (Å²) in [4.78, 5) is 21.2. The Morgan fingerprint density at radius 2 is 2.20 bits per heavy atom. The average molecular weight is 208 g/mol. The number of nitrogens with zero attached hydrogens (tertiary/aromatic N) is 1. The Kier molecular flexibility index (Phi) is 3.38. The van der Waals surface area contributed by atoms with Crippen LogP contribution in [0, 0.1) is 17.0 Å². The van der Waals surface area contributed by atoms with E-state index in [0.29, 0.717) is 12.1 Å². The Hall–Kier alpha value is -1.91. The second-order valence-electron chi connectivity index (χ2n) is 3.16. The van der Waals surface area contributed by atoms with Gasteiger partial charge in [0.1, 0.15) is 0 Å². The second kappa shape index (κ2) is 4.54. The van der Waals surface area contributed by atoms with Crippen molar-refractivity contribution in [1.29, 1.82) is 0 Å². The van der Waals surface area contributed by atoms with Gasteiger partial charge >= 0.3 is 0 Å². The summed E-state index contributed by atoms with van der Waals surface area (Å²) in [5.41, 5.74) is 1.28. The zero-order valence-corrected chi connectivity index (χ0v) is 8.61. The maximum absolute atomic E-state index is 11.1. The highest BCUT2D eigenvalue weighted by Gasteiger charge is 2.09. The van der Waals surface area contributed by atoms with Crippen LogP contribution in [0.1, 0.15) is 18.9 Å². The summed E-state index contributed by atoms with van der Waals surface area (Å²) in [6.45, 7) is 3.51. The van der Waals surface area contributed by atoms with Crippen molar-refractivity contribution in [2.45, 2.75) is 20.3 Å². The zero-order valence-electron chi connectivity index (χ0n) is 8.61. The molecule has 0 aliphatic rings. The van der Waals surface area contributed by atoms with E-state index >= 15 is 0 Å². The quantitative estimate of drug-likeness (QED) is 0.611. The number of aryl methyl sites for hydroxylation is 1. The number of benzene rings is 1. The maximum atomic E-state index is 11.1. The maximum Gasteiger partial charge on any atom is 0.271 e. The van der Waals surface area contributed by atoms with Crippen molar-refractivity contribution in [3.05, 3.63) is 33.9 Å². The fourth-order valence-corrected chi connectivity index (χ4v) is 1.10. The molecule has 1 amide bonds. The molecule has 0 spiro atoms. The van der Waals surface area contributed by atoms with Gasteiger partial charge in [0.05, 0.1) is 10.6 Å². The summed E-state index contributed by atoms with van der Waals surface area (Å²) in [5.74, 6) is -0.154. The third-order valence-corrected chi connectivity index (χ3v) is 2.03. The van der Waals surface area contributed by atoms with Crippen LogP contribution in [-0.2, 0) is 4.79 Å². The highest BCUT2D eigenvalue weighted by atomic mass is 16.6. The molecule has 1 rings (SSSR count). The number of carbonyl (C=O) groups excluding carboxylic acids is 1. The van der Waals surface area contributed by atoms with Crippen LogP contribution in [0.15, 0.2) is 18.2 Å². The molecule has 80 valence electrons. The van der Waals surface area contributed by atoms with Gasteiger partial charge in [0.2, 0.25) is 5.91 Å². The first kappa shape index (κ1) is 11.2. The minimum atomic E-state index is -0.485. The van der Waals surface area contributed by atoms with Crippen molar-refractivity contribution in [3.8, 4) is 0 Å². The van der Waals surface area contributed by atoms with E-state index in [1.54, 1.807) is 19.9 Å². The molecule has 0 aromatic heterocycles. The number of carbonyl (C=O) groups is 1. The van der Waals surface area contributed by atoms with E-state index in [1.807, 2.05) is 0 Å². The van der Waals surface area contributed by atoms with Gasteiger partial charge in [-0.15, -0.1) is 0 Å². The number of anilines is 1. The lowest BCUT2D eigenvalue weighted by Crippen LogP contribution is -2.10. The number of amides is 1. The van der Waals surface area contributed by atoms with Gasteiger partial charge in [-0.05, 0) is 12.5 Å². The molecule has 5 heteroatoms.